The maximum Gasteiger partial charge on any atom is 0.291 e. The third kappa shape index (κ3) is 5.01. The standard InChI is InChI=1S/C16H22FN5O.ClH/c1-3-9-18-10-11-19-16(23)15-20-14(4-2)22(21-15)13-8-6-5-7-12(13)17;/h5-8,18H,3-4,9-11H2,1-2H3,(H,19,23);1H. The summed E-state index contributed by atoms with van der Waals surface area (Å²) in [6, 6.07) is 6.30. The lowest BCUT2D eigenvalue weighted by molar-refractivity contribution is 0.0943. The largest absolute Gasteiger partial charge is 0.348 e. The maximum absolute atomic E-state index is 13.9. The number of carbonyl (C=O) groups is 1. The second kappa shape index (κ2) is 10.00. The molecule has 0 aliphatic rings. The minimum Gasteiger partial charge on any atom is -0.348 e. The predicted molar refractivity (Wildman–Crippen MR) is 93.4 cm³/mol. The first-order chi connectivity index (χ1) is 11.2. The number of halogens is 2. The van der Waals surface area contributed by atoms with Crippen LogP contribution >= 0.6 is 12.4 Å². The summed E-state index contributed by atoms with van der Waals surface area (Å²) < 4.78 is 15.3. The van der Waals surface area contributed by atoms with Crippen LogP contribution in [0.1, 0.15) is 36.7 Å². The van der Waals surface area contributed by atoms with E-state index < -0.39 is 5.82 Å². The zero-order chi connectivity index (χ0) is 16.7. The van der Waals surface area contributed by atoms with E-state index in [0.717, 1.165) is 13.0 Å². The number of aryl methyl sites for hydroxylation is 1. The number of aromatic nitrogens is 3. The van der Waals surface area contributed by atoms with Crippen molar-refractivity contribution in [1.29, 1.82) is 0 Å². The van der Waals surface area contributed by atoms with Crippen LogP contribution in [-0.2, 0) is 6.42 Å². The number of rotatable bonds is 8. The predicted octanol–water partition coefficient (Wildman–Crippen LogP) is 2.12. The molecule has 0 aliphatic heterocycles. The number of nitrogens with zero attached hydrogens (tertiary/aromatic N) is 3. The van der Waals surface area contributed by atoms with Gasteiger partial charge in [-0.2, -0.15) is 0 Å². The molecular weight excluding hydrogens is 333 g/mol. The molecule has 0 atom stereocenters. The first-order valence-corrected chi connectivity index (χ1v) is 7.87. The molecule has 8 heteroatoms. The van der Waals surface area contributed by atoms with Gasteiger partial charge >= 0.3 is 0 Å². The maximum atomic E-state index is 13.9. The number of amides is 1. The Hall–Kier alpha value is -1.99. The molecule has 1 amide bonds. The molecule has 24 heavy (non-hydrogen) atoms. The fourth-order valence-electron chi connectivity index (χ4n) is 2.13. The van der Waals surface area contributed by atoms with E-state index in [4.69, 9.17) is 0 Å². The molecule has 0 fully saturated rings. The molecule has 0 aliphatic carbocycles. The van der Waals surface area contributed by atoms with Gasteiger partial charge in [-0.05, 0) is 25.1 Å². The van der Waals surface area contributed by atoms with Crippen LogP contribution in [0, 0.1) is 5.82 Å². The van der Waals surface area contributed by atoms with Crippen LogP contribution < -0.4 is 10.6 Å². The molecule has 0 spiro atoms. The number of para-hydroxylation sites is 1. The van der Waals surface area contributed by atoms with Gasteiger partial charge in [0.15, 0.2) is 0 Å². The summed E-state index contributed by atoms with van der Waals surface area (Å²) in [7, 11) is 0. The van der Waals surface area contributed by atoms with Gasteiger partial charge in [-0.3, -0.25) is 4.79 Å². The van der Waals surface area contributed by atoms with Gasteiger partial charge in [0, 0.05) is 19.5 Å². The van der Waals surface area contributed by atoms with E-state index in [1.165, 1.54) is 10.7 Å². The number of nitrogens with one attached hydrogen (secondary N) is 2. The highest BCUT2D eigenvalue weighted by Gasteiger charge is 2.17. The Balaban J connectivity index is 0.00000288. The SMILES string of the molecule is CCCNCCNC(=O)c1nc(CC)n(-c2ccccc2F)n1.Cl. The summed E-state index contributed by atoms with van der Waals surface area (Å²) in [5.41, 5.74) is 0.292. The molecule has 1 aromatic carbocycles. The molecule has 2 aromatic rings. The quantitative estimate of drug-likeness (QED) is 0.711. The van der Waals surface area contributed by atoms with E-state index in [2.05, 4.69) is 27.6 Å². The number of hydrogen-bond donors (Lipinski definition) is 2. The lowest BCUT2D eigenvalue weighted by atomic mass is 10.3. The molecule has 0 saturated heterocycles. The first-order valence-electron chi connectivity index (χ1n) is 7.87. The van der Waals surface area contributed by atoms with E-state index >= 15 is 0 Å². The lowest BCUT2D eigenvalue weighted by Crippen LogP contribution is -2.32. The third-order valence-corrected chi connectivity index (χ3v) is 3.29. The van der Waals surface area contributed by atoms with Crippen LogP contribution in [0.25, 0.3) is 5.69 Å². The van der Waals surface area contributed by atoms with Crippen molar-refractivity contribution in [3.05, 3.63) is 41.7 Å². The average molecular weight is 356 g/mol. The highest BCUT2D eigenvalue weighted by molar-refractivity contribution is 5.90. The Morgan fingerprint density at radius 1 is 1.21 bits per heavy atom. The summed E-state index contributed by atoms with van der Waals surface area (Å²) in [5.74, 6) is -0.152. The van der Waals surface area contributed by atoms with Crippen molar-refractivity contribution in [2.75, 3.05) is 19.6 Å². The molecule has 2 N–H and O–H groups in total. The third-order valence-electron chi connectivity index (χ3n) is 3.29. The highest BCUT2D eigenvalue weighted by Crippen LogP contribution is 2.14. The van der Waals surface area contributed by atoms with E-state index in [9.17, 15) is 9.18 Å². The Bertz CT molecular complexity index is 662. The van der Waals surface area contributed by atoms with Gasteiger partial charge < -0.3 is 10.6 Å². The fraction of sp³-hybridized carbons (Fsp3) is 0.438. The summed E-state index contributed by atoms with van der Waals surface area (Å²) in [6.45, 7) is 6.06. The fourth-order valence-corrected chi connectivity index (χ4v) is 2.13. The zero-order valence-corrected chi connectivity index (χ0v) is 14.7. The summed E-state index contributed by atoms with van der Waals surface area (Å²) in [4.78, 5) is 16.3. The van der Waals surface area contributed by atoms with Crippen LogP contribution in [0.4, 0.5) is 4.39 Å². The van der Waals surface area contributed by atoms with Gasteiger partial charge in [0.25, 0.3) is 5.91 Å². The second-order valence-corrected chi connectivity index (χ2v) is 5.07. The molecule has 0 saturated carbocycles. The topological polar surface area (TPSA) is 71.8 Å². The van der Waals surface area contributed by atoms with E-state index in [-0.39, 0.29) is 24.1 Å². The lowest BCUT2D eigenvalue weighted by Gasteiger charge is -2.05. The Labute approximate surface area is 147 Å². The van der Waals surface area contributed by atoms with Crippen LogP contribution in [0.15, 0.2) is 24.3 Å². The highest BCUT2D eigenvalue weighted by atomic mass is 35.5. The van der Waals surface area contributed by atoms with Crippen molar-refractivity contribution in [2.45, 2.75) is 26.7 Å². The Morgan fingerprint density at radius 2 is 1.96 bits per heavy atom. The van der Waals surface area contributed by atoms with Gasteiger partial charge in [0.1, 0.15) is 17.3 Å². The van der Waals surface area contributed by atoms with Crippen molar-refractivity contribution in [2.24, 2.45) is 0 Å². The monoisotopic (exact) mass is 355 g/mol. The average Bonchev–Trinajstić information content (AvgIpc) is 2.99. The smallest absolute Gasteiger partial charge is 0.291 e. The summed E-state index contributed by atoms with van der Waals surface area (Å²) in [5, 5.41) is 10.1. The first kappa shape index (κ1) is 20.1. The van der Waals surface area contributed by atoms with Gasteiger partial charge in [-0.25, -0.2) is 14.1 Å². The summed E-state index contributed by atoms with van der Waals surface area (Å²) >= 11 is 0. The molecule has 0 bridgehead atoms. The second-order valence-electron chi connectivity index (χ2n) is 5.07. The minimum absolute atomic E-state index is 0. The zero-order valence-electron chi connectivity index (χ0n) is 13.9. The molecule has 6 nitrogen and oxygen atoms in total. The molecule has 1 heterocycles. The normalized spacial score (nSPS) is 10.3. The van der Waals surface area contributed by atoms with Crippen LogP contribution in [0.5, 0.6) is 0 Å². The van der Waals surface area contributed by atoms with Crippen molar-refractivity contribution in [3.63, 3.8) is 0 Å². The molecule has 0 radical (unpaired) electrons. The number of hydrogen-bond acceptors (Lipinski definition) is 4. The number of carbonyl (C=O) groups excluding carboxylic acids is 1. The molecular formula is C16H23ClFN5O. The Kier molecular flexibility index (Phi) is 8.35. The molecule has 132 valence electrons. The van der Waals surface area contributed by atoms with E-state index in [1.54, 1.807) is 18.2 Å². The van der Waals surface area contributed by atoms with Crippen molar-refractivity contribution >= 4 is 18.3 Å². The summed E-state index contributed by atoms with van der Waals surface area (Å²) in [6.07, 6.45) is 1.59. The van der Waals surface area contributed by atoms with Gasteiger partial charge in [0.05, 0.1) is 0 Å². The van der Waals surface area contributed by atoms with Crippen LogP contribution in [0.3, 0.4) is 0 Å². The molecule has 1 aromatic heterocycles. The number of benzene rings is 1. The van der Waals surface area contributed by atoms with Crippen molar-refractivity contribution in [3.8, 4) is 5.69 Å². The van der Waals surface area contributed by atoms with E-state index in [0.29, 0.717) is 31.0 Å². The van der Waals surface area contributed by atoms with Gasteiger partial charge in [-0.1, -0.05) is 26.0 Å². The van der Waals surface area contributed by atoms with Crippen molar-refractivity contribution in [1.82, 2.24) is 25.4 Å². The van der Waals surface area contributed by atoms with E-state index in [1.807, 2.05) is 6.92 Å². The minimum atomic E-state index is -0.400. The molecule has 2 rings (SSSR count). The Morgan fingerprint density at radius 3 is 2.62 bits per heavy atom. The van der Waals surface area contributed by atoms with Crippen LogP contribution in [-0.4, -0.2) is 40.3 Å². The molecule has 0 unspecified atom stereocenters. The van der Waals surface area contributed by atoms with Gasteiger partial charge in [0.2, 0.25) is 5.82 Å². The van der Waals surface area contributed by atoms with Crippen molar-refractivity contribution < 1.29 is 9.18 Å². The van der Waals surface area contributed by atoms with Crippen LogP contribution in [0.2, 0.25) is 0 Å². The van der Waals surface area contributed by atoms with Gasteiger partial charge in [-0.15, -0.1) is 17.5 Å².